The molecule has 1 aliphatic heterocycles. The molecule has 0 radical (unpaired) electrons. The predicted octanol–water partition coefficient (Wildman–Crippen LogP) is 4.43. The molecule has 1 fully saturated rings. The number of nitrogens with zero attached hydrogens (tertiary/aromatic N) is 2. The standard InChI is InChI=1S/C30H33N3O6/c31-30(29(35)36,26-12-2-1-11-25(26)28-33-15-18-39-28)27(20-34)23(9-5-7-22-8-6-14-32-19-22)13-17-37-21-24-10-3-4-16-38-24/h1-2,5-8,11-12,14-15,18-19,23-24H,3-4,9-10,13,16-17,21,31H2,(H,35,36). The van der Waals surface area contributed by atoms with Crippen LogP contribution in [0.5, 0.6) is 0 Å². The molecule has 1 aromatic carbocycles. The molecule has 0 aliphatic carbocycles. The van der Waals surface area contributed by atoms with Crippen molar-refractivity contribution in [2.45, 2.75) is 43.7 Å². The number of hydrogen-bond acceptors (Lipinski definition) is 8. The third-order valence-corrected chi connectivity index (χ3v) is 6.90. The van der Waals surface area contributed by atoms with Gasteiger partial charge in [0.1, 0.15) is 12.2 Å². The maximum absolute atomic E-state index is 12.8. The summed E-state index contributed by atoms with van der Waals surface area (Å²) in [7, 11) is 0. The number of hydrogen-bond donors (Lipinski definition) is 2. The first-order chi connectivity index (χ1) is 19.0. The van der Waals surface area contributed by atoms with Gasteiger partial charge in [-0.25, -0.2) is 14.6 Å². The molecule has 1 aliphatic rings. The Morgan fingerprint density at radius 2 is 2.13 bits per heavy atom. The zero-order chi connectivity index (χ0) is 27.5. The van der Waals surface area contributed by atoms with E-state index in [-0.39, 0.29) is 23.1 Å². The molecular weight excluding hydrogens is 498 g/mol. The summed E-state index contributed by atoms with van der Waals surface area (Å²) >= 11 is 0. The van der Waals surface area contributed by atoms with Crippen LogP contribution in [0, 0.1) is 5.92 Å². The molecule has 39 heavy (non-hydrogen) atoms. The van der Waals surface area contributed by atoms with Crippen LogP contribution in [0.2, 0.25) is 0 Å². The number of aromatic nitrogens is 2. The van der Waals surface area contributed by atoms with E-state index < -0.39 is 17.4 Å². The van der Waals surface area contributed by atoms with Crippen LogP contribution in [0.3, 0.4) is 0 Å². The number of pyridine rings is 1. The predicted molar refractivity (Wildman–Crippen MR) is 145 cm³/mol. The lowest BCUT2D eigenvalue weighted by Crippen LogP contribution is -2.49. The molecule has 3 atom stereocenters. The minimum absolute atomic E-state index is 0.0454. The van der Waals surface area contributed by atoms with Crippen LogP contribution in [0.4, 0.5) is 0 Å². The lowest BCUT2D eigenvalue weighted by atomic mass is 9.74. The highest BCUT2D eigenvalue weighted by molar-refractivity contribution is 5.90. The van der Waals surface area contributed by atoms with Crippen molar-refractivity contribution in [1.82, 2.24) is 9.97 Å². The smallest absolute Gasteiger partial charge is 0.333 e. The number of aliphatic carboxylic acids is 1. The monoisotopic (exact) mass is 531 g/mol. The highest BCUT2D eigenvalue weighted by atomic mass is 16.5. The maximum Gasteiger partial charge on any atom is 0.333 e. The minimum Gasteiger partial charge on any atom is -0.479 e. The van der Waals surface area contributed by atoms with E-state index in [9.17, 15) is 14.7 Å². The number of allylic oxidation sites excluding steroid dienone is 1. The fourth-order valence-corrected chi connectivity index (χ4v) is 4.83. The Hall–Kier alpha value is -3.88. The summed E-state index contributed by atoms with van der Waals surface area (Å²) in [6.45, 7) is 1.47. The van der Waals surface area contributed by atoms with E-state index in [1.165, 1.54) is 12.5 Å². The largest absolute Gasteiger partial charge is 0.479 e. The van der Waals surface area contributed by atoms with E-state index in [0.29, 0.717) is 31.6 Å². The van der Waals surface area contributed by atoms with Crippen molar-refractivity contribution in [2.24, 2.45) is 11.7 Å². The van der Waals surface area contributed by atoms with Crippen molar-refractivity contribution in [3.63, 3.8) is 0 Å². The fourth-order valence-electron chi connectivity index (χ4n) is 4.83. The molecule has 3 unspecified atom stereocenters. The Morgan fingerprint density at radius 3 is 2.82 bits per heavy atom. The molecule has 1 saturated heterocycles. The van der Waals surface area contributed by atoms with Crippen LogP contribution in [0.25, 0.3) is 17.5 Å². The summed E-state index contributed by atoms with van der Waals surface area (Å²) in [5.74, 6) is 0.176. The summed E-state index contributed by atoms with van der Waals surface area (Å²) in [6.07, 6.45) is 13.9. The number of ether oxygens (including phenoxy) is 2. The third kappa shape index (κ3) is 6.96. The highest BCUT2D eigenvalue weighted by Crippen LogP contribution is 2.39. The first-order valence-electron chi connectivity index (χ1n) is 13.1. The molecule has 4 rings (SSSR count). The number of carbonyl (C=O) groups is 1. The summed E-state index contributed by atoms with van der Waals surface area (Å²) in [5.41, 5.74) is 5.86. The van der Waals surface area contributed by atoms with Crippen LogP contribution in [0.1, 0.15) is 43.2 Å². The highest BCUT2D eigenvalue weighted by Gasteiger charge is 2.46. The van der Waals surface area contributed by atoms with E-state index in [1.807, 2.05) is 30.2 Å². The van der Waals surface area contributed by atoms with Gasteiger partial charge in [-0.15, -0.1) is 0 Å². The fraction of sp³-hybridized carbons (Fsp3) is 0.367. The zero-order valence-corrected chi connectivity index (χ0v) is 21.7. The van der Waals surface area contributed by atoms with Gasteiger partial charge in [0.15, 0.2) is 5.54 Å². The summed E-state index contributed by atoms with van der Waals surface area (Å²) in [5, 5.41) is 10.5. The van der Waals surface area contributed by atoms with E-state index >= 15 is 0 Å². The molecule has 9 nitrogen and oxygen atoms in total. The molecule has 9 heteroatoms. The number of rotatable bonds is 13. The van der Waals surface area contributed by atoms with E-state index in [0.717, 1.165) is 31.4 Å². The SMILES string of the molecule is NC(C(=O)O)(C(=C=O)C(CC=Cc1cccnc1)CCOCC1CCCCO1)c1ccccc1-c1ncco1. The van der Waals surface area contributed by atoms with Crippen molar-refractivity contribution in [3.05, 3.63) is 84.0 Å². The van der Waals surface area contributed by atoms with Crippen molar-refractivity contribution in [1.29, 1.82) is 0 Å². The van der Waals surface area contributed by atoms with Gasteiger partial charge in [0.2, 0.25) is 5.89 Å². The molecule has 0 bridgehead atoms. The Balaban J connectivity index is 1.62. The normalized spacial score (nSPS) is 17.8. The molecule has 3 N–H and O–H groups in total. The number of carboxylic acids is 1. The van der Waals surface area contributed by atoms with Gasteiger partial charge >= 0.3 is 5.97 Å². The average Bonchev–Trinajstić information content (AvgIpc) is 3.51. The Labute approximate surface area is 227 Å². The summed E-state index contributed by atoms with van der Waals surface area (Å²) < 4.78 is 17.1. The molecule has 0 saturated carbocycles. The van der Waals surface area contributed by atoms with Crippen LogP contribution >= 0.6 is 0 Å². The van der Waals surface area contributed by atoms with Crippen LogP contribution in [0.15, 0.2) is 77.3 Å². The van der Waals surface area contributed by atoms with E-state index in [4.69, 9.17) is 19.6 Å². The Bertz CT molecular complexity index is 1280. The molecule has 3 aromatic rings. The van der Waals surface area contributed by atoms with Gasteiger partial charge in [0.25, 0.3) is 0 Å². The van der Waals surface area contributed by atoms with Crippen molar-refractivity contribution < 1.29 is 28.6 Å². The third-order valence-electron chi connectivity index (χ3n) is 6.90. The number of carboxylic acid groups (broad SMARTS) is 1. The molecule has 3 heterocycles. The van der Waals surface area contributed by atoms with Gasteiger partial charge in [0, 0.05) is 36.7 Å². The van der Waals surface area contributed by atoms with E-state index in [1.54, 1.807) is 36.7 Å². The first-order valence-corrected chi connectivity index (χ1v) is 13.1. The van der Waals surface area contributed by atoms with Gasteiger partial charge in [-0.3, -0.25) is 4.98 Å². The number of nitrogens with two attached hydrogens (primary N) is 1. The van der Waals surface area contributed by atoms with Gasteiger partial charge in [-0.05, 0) is 55.7 Å². The lowest BCUT2D eigenvalue weighted by Gasteiger charge is -2.32. The second-order valence-corrected chi connectivity index (χ2v) is 9.49. The minimum atomic E-state index is -2.17. The topological polar surface area (TPSA) is 138 Å². The first kappa shape index (κ1) is 28.1. The number of oxazole rings is 1. The molecule has 0 amide bonds. The number of benzene rings is 1. The lowest BCUT2D eigenvalue weighted by molar-refractivity contribution is -0.142. The van der Waals surface area contributed by atoms with Crippen molar-refractivity contribution in [2.75, 3.05) is 19.8 Å². The number of carbonyl (C=O) groups excluding carboxylic acids is 1. The van der Waals surface area contributed by atoms with Gasteiger partial charge in [-0.1, -0.05) is 36.4 Å². The van der Waals surface area contributed by atoms with Gasteiger partial charge < -0.3 is 24.7 Å². The molecule has 204 valence electrons. The van der Waals surface area contributed by atoms with Crippen molar-refractivity contribution in [3.8, 4) is 11.5 Å². The maximum atomic E-state index is 12.8. The molecule has 2 aromatic heterocycles. The summed E-state index contributed by atoms with van der Waals surface area (Å²) in [4.78, 5) is 33.7. The van der Waals surface area contributed by atoms with Crippen LogP contribution < -0.4 is 5.73 Å². The second-order valence-electron chi connectivity index (χ2n) is 9.49. The Morgan fingerprint density at radius 1 is 1.26 bits per heavy atom. The van der Waals surface area contributed by atoms with E-state index in [2.05, 4.69) is 9.97 Å². The van der Waals surface area contributed by atoms with Crippen molar-refractivity contribution >= 4 is 18.0 Å². The quantitative estimate of drug-likeness (QED) is 0.242. The van der Waals surface area contributed by atoms with Gasteiger partial charge in [-0.2, -0.15) is 0 Å². The summed E-state index contributed by atoms with van der Waals surface area (Å²) in [6, 6.07) is 10.4. The average molecular weight is 532 g/mol. The Kier molecular flexibility index (Phi) is 9.94. The van der Waals surface area contributed by atoms with Crippen LogP contribution in [-0.2, 0) is 24.6 Å². The van der Waals surface area contributed by atoms with Crippen LogP contribution in [-0.4, -0.2) is 52.9 Å². The zero-order valence-electron chi connectivity index (χ0n) is 21.7. The van der Waals surface area contributed by atoms with Gasteiger partial charge in [0.05, 0.1) is 24.5 Å². The second kappa shape index (κ2) is 13.8. The molecular formula is C30H33N3O6. The molecule has 0 spiro atoms.